The first-order valence-electron chi connectivity index (χ1n) is 10.0. The smallest absolute Gasteiger partial charge is 0.407 e. The highest BCUT2D eigenvalue weighted by molar-refractivity contribution is 7.12. The second kappa shape index (κ2) is 11.0. The van der Waals surface area contributed by atoms with Gasteiger partial charge in [0.05, 0.1) is 23.7 Å². The van der Waals surface area contributed by atoms with Crippen molar-refractivity contribution >= 4 is 23.3 Å². The highest BCUT2D eigenvalue weighted by Gasteiger charge is 2.18. The molecule has 0 saturated carbocycles. The van der Waals surface area contributed by atoms with Gasteiger partial charge in [0.25, 0.3) is 0 Å². The van der Waals surface area contributed by atoms with Crippen molar-refractivity contribution in [2.75, 3.05) is 13.2 Å². The van der Waals surface area contributed by atoms with E-state index in [0.717, 1.165) is 27.6 Å². The summed E-state index contributed by atoms with van der Waals surface area (Å²) in [5.74, 6) is 0.303. The highest BCUT2D eigenvalue weighted by Crippen LogP contribution is 2.28. The van der Waals surface area contributed by atoms with Crippen LogP contribution in [-0.2, 0) is 16.0 Å². The molecule has 2 aromatic rings. The molecule has 2 rings (SSSR count). The molecule has 0 saturated heterocycles. The molecule has 2 N–H and O–H groups in total. The Balaban J connectivity index is 2.00. The fourth-order valence-corrected chi connectivity index (χ4v) is 4.03. The van der Waals surface area contributed by atoms with Crippen molar-refractivity contribution in [1.29, 1.82) is 0 Å². The number of rotatable bonds is 9. The van der Waals surface area contributed by atoms with Crippen molar-refractivity contribution in [1.82, 2.24) is 15.6 Å². The monoisotopic (exact) mass is 417 g/mol. The van der Waals surface area contributed by atoms with Gasteiger partial charge in [-0.2, -0.15) is 0 Å². The van der Waals surface area contributed by atoms with Crippen molar-refractivity contribution in [2.24, 2.45) is 5.92 Å². The number of benzene rings is 1. The fraction of sp³-hybridized carbons (Fsp3) is 0.500. The van der Waals surface area contributed by atoms with Gasteiger partial charge in [-0.1, -0.05) is 43.7 Å². The summed E-state index contributed by atoms with van der Waals surface area (Å²) in [5, 5.41) is 6.72. The second-order valence-electron chi connectivity index (χ2n) is 7.54. The highest BCUT2D eigenvalue weighted by atomic mass is 32.1. The minimum Gasteiger partial charge on any atom is -0.450 e. The lowest BCUT2D eigenvalue weighted by atomic mass is 10.0. The normalized spacial score (nSPS) is 11.9. The molecule has 1 atom stereocenters. The Hall–Kier alpha value is -2.41. The molecule has 7 heteroatoms. The molecule has 0 radical (unpaired) electrons. The van der Waals surface area contributed by atoms with Gasteiger partial charge in [-0.05, 0) is 33.1 Å². The van der Waals surface area contributed by atoms with Crippen molar-refractivity contribution in [3.63, 3.8) is 0 Å². The Labute approximate surface area is 177 Å². The van der Waals surface area contributed by atoms with Crippen LogP contribution in [0.1, 0.15) is 42.6 Å². The average molecular weight is 418 g/mol. The van der Waals surface area contributed by atoms with Crippen molar-refractivity contribution in [2.45, 2.75) is 53.5 Å². The Morgan fingerprint density at radius 1 is 1.17 bits per heavy atom. The first kappa shape index (κ1) is 22.9. The first-order valence-corrected chi connectivity index (χ1v) is 10.8. The van der Waals surface area contributed by atoms with Crippen LogP contribution in [0.5, 0.6) is 0 Å². The number of alkyl carbamates (subject to hydrolysis) is 1. The van der Waals surface area contributed by atoms with Crippen LogP contribution >= 0.6 is 11.3 Å². The molecule has 1 aromatic carbocycles. The van der Waals surface area contributed by atoms with Crippen molar-refractivity contribution < 1.29 is 14.3 Å². The van der Waals surface area contributed by atoms with Gasteiger partial charge in [-0.25, -0.2) is 9.78 Å². The van der Waals surface area contributed by atoms with E-state index < -0.39 is 6.09 Å². The van der Waals surface area contributed by atoms with E-state index >= 15 is 0 Å². The number of nitrogens with one attached hydrogen (secondary N) is 2. The zero-order valence-corrected chi connectivity index (χ0v) is 18.7. The maximum absolute atomic E-state index is 12.6. The van der Waals surface area contributed by atoms with Crippen LogP contribution in [0.3, 0.4) is 0 Å². The van der Waals surface area contributed by atoms with Crippen molar-refractivity contribution in [3.05, 3.63) is 39.7 Å². The summed E-state index contributed by atoms with van der Waals surface area (Å²) in [6.45, 7) is 10.6. The summed E-state index contributed by atoms with van der Waals surface area (Å²) in [7, 11) is 0. The molecular weight excluding hydrogens is 386 g/mol. The largest absolute Gasteiger partial charge is 0.450 e. The molecular formula is C22H31N3O3S. The van der Waals surface area contributed by atoms with Crippen LogP contribution in [0.2, 0.25) is 0 Å². The molecule has 0 spiro atoms. The first-order chi connectivity index (χ1) is 13.8. The fourth-order valence-electron chi connectivity index (χ4n) is 3.07. The number of ether oxygens (including phenoxy) is 1. The van der Waals surface area contributed by atoms with E-state index in [1.165, 1.54) is 5.56 Å². The Morgan fingerprint density at radius 2 is 1.86 bits per heavy atom. The van der Waals surface area contributed by atoms with Gasteiger partial charge in [0, 0.05) is 23.0 Å². The summed E-state index contributed by atoms with van der Waals surface area (Å²) < 4.78 is 4.96. The number of hydrogen-bond donors (Lipinski definition) is 2. The average Bonchev–Trinajstić information content (AvgIpc) is 3.00. The number of hydrogen-bond acceptors (Lipinski definition) is 5. The molecule has 6 nitrogen and oxygen atoms in total. The van der Waals surface area contributed by atoms with E-state index in [1.807, 2.05) is 38.1 Å². The number of carbonyl (C=O) groups excluding carboxylic acids is 2. The lowest BCUT2D eigenvalue weighted by molar-refractivity contribution is -0.120. The van der Waals surface area contributed by atoms with E-state index in [9.17, 15) is 9.59 Å². The van der Waals surface area contributed by atoms with E-state index in [2.05, 4.69) is 29.5 Å². The maximum atomic E-state index is 12.6. The Bertz CT molecular complexity index is 815. The zero-order chi connectivity index (χ0) is 21.4. The molecule has 0 fully saturated rings. The number of thiazole rings is 1. The van der Waals surface area contributed by atoms with Gasteiger partial charge in [0.2, 0.25) is 5.91 Å². The number of amides is 2. The zero-order valence-electron chi connectivity index (χ0n) is 17.9. The molecule has 0 aliphatic heterocycles. The van der Waals surface area contributed by atoms with Gasteiger partial charge in [-0.3, -0.25) is 4.79 Å². The second-order valence-corrected chi connectivity index (χ2v) is 8.83. The lowest BCUT2D eigenvalue weighted by Gasteiger charge is -2.20. The van der Waals surface area contributed by atoms with Gasteiger partial charge in [0.15, 0.2) is 0 Å². The van der Waals surface area contributed by atoms with Crippen LogP contribution in [-0.4, -0.2) is 36.2 Å². The van der Waals surface area contributed by atoms with Gasteiger partial charge < -0.3 is 15.4 Å². The number of nitrogens with zero attached hydrogens (tertiary/aromatic N) is 1. The molecule has 0 bridgehead atoms. The molecule has 1 heterocycles. The minimum absolute atomic E-state index is 0.0820. The molecule has 0 aliphatic rings. The number of carbonyl (C=O) groups is 2. The Morgan fingerprint density at radius 3 is 2.48 bits per heavy atom. The molecule has 2 amide bonds. The van der Waals surface area contributed by atoms with Crippen LogP contribution < -0.4 is 10.6 Å². The number of aryl methyl sites for hydroxylation is 2. The third kappa shape index (κ3) is 7.49. The van der Waals surface area contributed by atoms with E-state index in [1.54, 1.807) is 18.3 Å². The van der Waals surface area contributed by atoms with E-state index in [4.69, 9.17) is 4.74 Å². The third-order valence-corrected chi connectivity index (χ3v) is 5.32. The van der Waals surface area contributed by atoms with Crippen LogP contribution in [0.4, 0.5) is 4.79 Å². The van der Waals surface area contributed by atoms with Gasteiger partial charge in [-0.15, -0.1) is 11.3 Å². The summed E-state index contributed by atoms with van der Waals surface area (Å²) in [4.78, 5) is 29.9. The SMILES string of the molecule is CCOC(=O)NC(CNC(=O)Cc1sc(C)nc1-c1ccc(C)cc1)CC(C)C. The topological polar surface area (TPSA) is 80.3 Å². The van der Waals surface area contributed by atoms with Gasteiger partial charge >= 0.3 is 6.09 Å². The third-order valence-electron chi connectivity index (χ3n) is 4.35. The quantitative estimate of drug-likeness (QED) is 0.639. The molecule has 0 aliphatic carbocycles. The standard InChI is InChI=1S/C22H31N3O3S/c1-6-28-22(27)25-18(11-14(2)3)13-23-20(26)12-19-21(24-16(5)29-19)17-9-7-15(4)8-10-17/h7-10,14,18H,6,11-13H2,1-5H3,(H,23,26)(H,25,27). The molecule has 1 unspecified atom stereocenters. The maximum Gasteiger partial charge on any atom is 0.407 e. The number of aromatic nitrogens is 1. The van der Waals surface area contributed by atoms with Crippen LogP contribution in [0.25, 0.3) is 11.3 Å². The Kier molecular flexibility index (Phi) is 8.64. The van der Waals surface area contributed by atoms with Crippen LogP contribution in [0, 0.1) is 19.8 Å². The predicted molar refractivity (Wildman–Crippen MR) is 117 cm³/mol. The molecule has 1 aromatic heterocycles. The summed E-state index contributed by atoms with van der Waals surface area (Å²) >= 11 is 1.54. The summed E-state index contributed by atoms with van der Waals surface area (Å²) in [5.41, 5.74) is 3.07. The lowest BCUT2D eigenvalue weighted by Crippen LogP contribution is -2.44. The molecule has 158 valence electrons. The summed E-state index contributed by atoms with van der Waals surface area (Å²) in [6.07, 6.45) is 0.572. The van der Waals surface area contributed by atoms with E-state index in [-0.39, 0.29) is 18.4 Å². The predicted octanol–water partition coefficient (Wildman–Crippen LogP) is 4.25. The minimum atomic E-state index is -0.452. The van der Waals surface area contributed by atoms with E-state index in [0.29, 0.717) is 19.1 Å². The van der Waals surface area contributed by atoms with Crippen molar-refractivity contribution in [3.8, 4) is 11.3 Å². The summed E-state index contributed by atoms with van der Waals surface area (Å²) in [6, 6.07) is 8.00. The molecule has 29 heavy (non-hydrogen) atoms. The van der Waals surface area contributed by atoms with Crippen LogP contribution in [0.15, 0.2) is 24.3 Å². The van der Waals surface area contributed by atoms with Gasteiger partial charge in [0.1, 0.15) is 0 Å².